The standard InChI is InChI=1S/C24H29NO7S/c1-14-18(12-13-19(26)32-24(3,4)5)21(25)15(2)22(20(14)23(27)31-7)33(28,29)17-10-8-16(30-6)9-11-17/h8-13H,25H2,1-7H3. The van der Waals surface area contributed by atoms with Gasteiger partial charge in [-0.3, -0.25) is 0 Å². The Morgan fingerprint density at radius 3 is 2.06 bits per heavy atom. The van der Waals surface area contributed by atoms with Crippen LogP contribution in [0.3, 0.4) is 0 Å². The summed E-state index contributed by atoms with van der Waals surface area (Å²) in [5.74, 6) is -0.958. The van der Waals surface area contributed by atoms with Crippen molar-refractivity contribution in [2.75, 3.05) is 20.0 Å². The summed E-state index contributed by atoms with van der Waals surface area (Å²) in [7, 11) is -1.52. The summed E-state index contributed by atoms with van der Waals surface area (Å²) < 4.78 is 42.3. The lowest BCUT2D eigenvalue weighted by Gasteiger charge is -2.20. The van der Waals surface area contributed by atoms with Crippen LogP contribution in [0.25, 0.3) is 6.08 Å². The van der Waals surface area contributed by atoms with E-state index in [2.05, 4.69) is 0 Å². The third kappa shape index (κ3) is 5.54. The van der Waals surface area contributed by atoms with Crippen LogP contribution in [0.4, 0.5) is 5.69 Å². The monoisotopic (exact) mass is 475 g/mol. The van der Waals surface area contributed by atoms with Gasteiger partial charge in [0.2, 0.25) is 9.84 Å². The number of hydrogen-bond donors (Lipinski definition) is 1. The number of nitrogens with two attached hydrogens (primary N) is 1. The molecule has 0 radical (unpaired) electrons. The van der Waals surface area contributed by atoms with Gasteiger partial charge in [0.05, 0.1) is 29.6 Å². The molecule has 178 valence electrons. The molecular weight excluding hydrogens is 446 g/mol. The highest BCUT2D eigenvalue weighted by molar-refractivity contribution is 7.91. The predicted molar refractivity (Wildman–Crippen MR) is 125 cm³/mol. The molecule has 0 aliphatic rings. The van der Waals surface area contributed by atoms with E-state index in [1.807, 2.05) is 0 Å². The van der Waals surface area contributed by atoms with Gasteiger partial charge in [0.25, 0.3) is 0 Å². The number of esters is 2. The number of benzene rings is 2. The van der Waals surface area contributed by atoms with Crippen LogP contribution >= 0.6 is 0 Å². The van der Waals surface area contributed by atoms with E-state index in [1.165, 1.54) is 50.5 Å². The zero-order valence-corrected chi connectivity index (χ0v) is 20.6. The van der Waals surface area contributed by atoms with Crippen LogP contribution in [-0.2, 0) is 24.1 Å². The molecule has 0 bridgehead atoms. The van der Waals surface area contributed by atoms with Crippen molar-refractivity contribution in [1.29, 1.82) is 0 Å². The van der Waals surface area contributed by atoms with Crippen molar-refractivity contribution < 1.29 is 32.2 Å². The molecule has 0 aromatic heterocycles. The fraction of sp³-hybridized carbons (Fsp3) is 0.333. The van der Waals surface area contributed by atoms with Crippen molar-refractivity contribution in [2.24, 2.45) is 0 Å². The molecule has 0 atom stereocenters. The molecule has 0 unspecified atom stereocenters. The lowest BCUT2D eigenvalue weighted by atomic mass is 9.96. The Morgan fingerprint density at radius 2 is 1.58 bits per heavy atom. The van der Waals surface area contributed by atoms with Crippen LogP contribution in [0.1, 0.15) is 47.8 Å². The summed E-state index contributed by atoms with van der Waals surface area (Å²) in [5.41, 5.74) is 6.32. The molecule has 2 aromatic rings. The minimum atomic E-state index is -4.15. The van der Waals surface area contributed by atoms with Crippen LogP contribution in [0.15, 0.2) is 40.1 Å². The first kappa shape index (κ1) is 25.9. The molecule has 0 heterocycles. The van der Waals surface area contributed by atoms with E-state index < -0.39 is 27.4 Å². The molecule has 8 nitrogen and oxygen atoms in total. The molecule has 0 saturated carbocycles. The average Bonchev–Trinajstić information content (AvgIpc) is 2.74. The maximum absolute atomic E-state index is 13.5. The molecule has 2 aromatic carbocycles. The summed E-state index contributed by atoms with van der Waals surface area (Å²) in [6.07, 6.45) is 2.59. The van der Waals surface area contributed by atoms with Crippen LogP contribution in [0, 0.1) is 13.8 Å². The highest BCUT2D eigenvalue weighted by Gasteiger charge is 2.32. The van der Waals surface area contributed by atoms with Crippen LogP contribution < -0.4 is 10.5 Å². The quantitative estimate of drug-likeness (QED) is 0.380. The van der Waals surface area contributed by atoms with E-state index in [0.717, 1.165) is 7.11 Å². The Labute approximate surface area is 194 Å². The summed E-state index contributed by atoms with van der Waals surface area (Å²) >= 11 is 0. The van der Waals surface area contributed by atoms with Gasteiger partial charge in [-0.1, -0.05) is 0 Å². The summed E-state index contributed by atoms with van der Waals surface area (Å²) in [4.78, 5) is 24.6. The van der Waals surface area contributed by atoms with E-state index in [4.69, 9.17) is 19.9 Å². The topological polar surface area (TPSA) is 122 Å². The second-order valence-electron chi connectivity index (χ2n) is 8.32. The Kier molecular flexibility index (Phi) is 7.59. The van der Waals surface area contributed by atoms with Crippen LogP contribution in [0.5, 0.6) is 5.75 Å². The molecule has 0 amide bonds. The van der Waals surface area contributed by atoms with Gasteiger partial charge in [-0.2, -0.15) is 0 Å². The highest BCUT2D eigenvalue weighted by atomic mass is 32.2. The second kappa shape index (κ2) is 9.66. The molecule has 33 heavy (non-hydrogen) atoms. The predicted octanol–water partition coefficient (Wildman–Crippen LogP) is 3.87. The van der Waals surface area contributed by atoms with Gasteiger partial charge in [0.1, 0.15) is 11.4 Å². The van der Waals surface area contributed by atoms with E-state index >= 15 is 0 Å². The fourth-order valence-electron chi connectivity index (χ4n) is 3.28. The SMILES string of the molecule is COC(=O)c1c(C)c(C=CC(=O)OC(C)(C)C)c(N)c(C)c1S(=O)(=O)c1ccc(OC)cc1. The maximum atomic E-state index is 13.5. The van der Waals surface area contributed by atoms with Crippen LogP contribution in [-0.4, -0.2) is 40.2 Å². The van der Waals surface area contributed by atoms with Crippen LogP contribution in [0.2, 0.25) is 0 Å². The van der Waals surface area contributed by atoms with Crippen molar-refractivity contribution in [1.82, 2.24) is 0 Å². The van der Waals surface area contributed by atoms with Gasteiger partial charge in [-0.15, -0.1) is 0 Å². The number of sulfone groups is 1. The average molecular weight is 476 g/mol. The van der Waals surface area contributed by atoms with Gasteiger partial charge in [0.15, 0.2) is 0 Å². The Hall–Kier alpha value is -3.33. The third-order valence-electron chi connectivity index (χ3n) is 4.86. The molecule has 0 spiro atoms. The smallest absolute Gasteiger partial charge is 0.339 e. The zero-order valence-electron chi connectivity index (χ0n) is 19.8. The molecule has 2 N–H and O–H groups in total. The van der Waals surface area contributed by atoms with Crippen molar-refractivity contribution in [3.8, 4) is 5.75 Å². The molecule has 0 aliphatic heterocycles. The highest BCUT2D eigenvalue weighted by Crippen LogP contribution is 2.37. The maximum Gasteiger partial charge on any atom is 0.339 e. The summed E-state index contributed by atoms with van der Waals surface area (Å²) in [6, 6.07) is 5.79. The first-order valence-electron chi connectivity index (χ1n) is 10.1. The lowest BCUT2D eigenvalue weighted by Crippen LogP contribution is -2.22. The van der Waals surface area contributed by atoms with Crippen molar-refractivity contribution >= 4 is 33.5 Å². The summed E-state index contributed by atoms with van der Waals surface area (Å²) in [6.45, 7) is 8.25. The van der Waals surface area contributed by atoms with E-state index in [0.29, 0.717) is 11.3 Å². The summed E-state index contributed by atoms with van der Waals surface area (Å²) in [5, 5.41) is 0. The molecular formula is C24H29NO7S. The minimum Gasteiger partial charge on any atom is -0.497 e. The number of hydrogen-bond acceptors (Lipinski definition) is 8. The van der Waals surface area contributed by atoms with Crippen molar-refractivity contribution in [3.05, 3.63) is 52.6 Å². The Balaban J connectivity index is 2.75. The number of nitrogen functional groups attached to an aromatic ring is 1. The number of methoxy groups -OCH3 is 2. The van der Waals surface area contributed by atoms with Gasteiger partial charge < -0.3 is 19.9 Å². The van der Waals surface area contributed by atoms with E-state index in [-0.39, 0.29) is 32.2 Å². The first-order chi connectivity index (χ1) is 15.2. The zero-order chi connectivity index (χ0) is 25.1. The molecule has 0 fully saturated rings. The number of carbonyl (C=O) groups is 2. The normalized spacial score (nSPS) is 12.0. The third-order valence-corrected chi connectivity index (χ3v) is 6.80. The van der Waals surface area contributed by atoms with Gasteiger partial charge >= 0.3 is 11.9 Å². The molecule has 0 aliphatic carbocycles. The molecule has 9 heteroatoms. The first-order valence-corrected chi connectivity index (χ1v) is 11.5. The van der Waals surface area contributed by atoms with Crippen molar-refractivity contribution in [3.63, 3.8) is 0 Å². The second-order valence-corrected chi connectivity index (χ2v) is 10.2. The number of ether oxygens (including phenoxy) is 3. The molecule has 0 saturated heterocycles. The lowest BCUT2D eigenvalue weighted by molar-refractivity contribution is -0.148. The Bertz CT molecular complexity index is 1210. The number of rotatable bonds is 6. The van der Waals surface area contributed by atoms with Crippen molar-refractivity contribution in [2.45, 2.75) is 50.0 Å². The molecule has 2 rings (SSSR count). The fourth-order valence-corrected chi connectivity index (χ4v) is 5.03. The minimum absolute atomic E-state index is 0.0348. The largest absolute Gasteiger partial charge is 0.497 e. The van der Waals surface area contributed by atoms with E-state index in [9.17, 15) is 18.0 Å². The number of anilines is 1. The van der Waals surface area contributed by atoms with Gasteiger partial charge in [-0.05, 0) is 76.1 Å². The van der Waals surface area contributed by atoms with Gasteiger partial charge in [0, 0.05) is 17.3 Å². The van der Waals surface area contributed by atoms with E-state index in [1.54, 1.807) is 27.7 Å². The van der Waals surface area contributed by atoms with Gasteiger partial charge in [-0.25, -0.2) is 18.0 Å². The number of carbonyl (C=O) groups excluding carboxylic acids is 2. The Morgan fingerprint density at radius 1 is 1.00 bits per heavy atom.